The van der Waals surface area contributed by atoms with E-state index in [9.17, 15) is 14.7 Å². The van der Waals surface area contributed by atoms with Gasteiger partial charge in [0.05, 0.1) is 5.56 Å². The van der Waals surface area contributed by atoms with E-state index < -0.39 is 5.97 Å². The van der Waals surface area contributed by atoms with E-state index in [1.54, 1.807) is 11.6 Å². The van der Waals surface area contributed by atoms with Crippen LogP contribution in [-0.4, -0.2) is 21.9 Å². The highest BCUT2D eigenvalue weighted by Gasteiger charge is 2.20. The van der Waals surface area contributed by atoms with Crippen LogP contribution in [0.2, 0.25) is 0 Å². The van der Waals surface area contributed by atoms with Gasteiger partial charge in [0.15, 0.2) is 6.29 Å². The van der Waals surface area contributed by atoms with E-state index in [0.29, 0.717) is 17.6 Å². The monoisotopic (exact) mass is 245 g/mol. The van der Waals surface area contributed by atoms with Gasteiger partial charge in [0.2, 0.25) is 0 Å². The molecule has 2 rings (SSSR count). The highest BCUT2D eigenvalue weighted by Crippen LogP contribution is 2.27. The zero-order chi connectivity index (χ0) is 13.4. The summed E-state index contributed by atoms with van der Waals surface area (Å²) in [6.45, 7) is 4.12. The lowest BCUT2D eigenvalue weighted by atomic mass is 10.0. The van der Waals surface area contributed by atoms with Crippen molar-refractivity contribution in [2.45, 2.75) is 19.8 Å². The number of aryl methyl sites for hydroxylation is 1. The van der Waals surface area contributed by atoms with Gasteiger partial charge in [-0.3, -0.25) is 4.79 Å². The number of carboxylic acids is 1. The molecule has 1 N–H and O–H groups in total. The fourth-order valence-electron chi connectivity index (χ4n) is 2.23. The highest BCUT2D eigenvalue weighted by molar-refractivity contribution is 6.08. The summed E-state index contributed by atoms with van der Waals surface area (Å²) in [7, 11) is 1.66. The number of carboxylic acid groups (broad SMARTS) is 1. The second-order valence-electron chi connectivity index (χ2n) is 4.68. The third-order valence-electron chi connectivity index (χ3n) is 3.25. The Labute approximate surface area is 105 Å². The fourth-order valence-corrected chi connectivity index (χ4v) is 2.23. The van der Waals surface area contributed by atoms with Gasteiger partial charge in [-0.1, -0.05) is 19.9 Å². The third kappa shape index (κ3) is 1.70. The summed E-state index contributed by atoms with van der Waals surface area (Å²) in [5.41, 5.74) is 2.15. The minimum Gasteiger partial charge on any atom is -0.477 e. The molecule has 0 spiro atoms. The number of benzene rings is 1. The molecule has 0 aliphatic heterocycles. The van der Waals surface area contributed by atoms with Gasteiger partial charge in [0.1, 0.15) is 5.69 Å². The fraction of sp³-hybridized carbons (Fsp3) is 0.286. The molecule has 0 saturated carbocycles. The molecule has 0 amide bonds. The number of aromatic carboxylic acids is 1. The molecule has 0 aliphatic rings. The van der Waals surface area contributed by atoms with E-state index in [-0.39, 0.29) is 11.3 Å². The molecule has 1 aromatic heterocycles. The minimum absolute atomic E-state index is 0.0425. The van der Waals surface area contributed by atoms with Crippen molar-refractivity contribution in [2.75, 3.05) is 0 Å². The Hall–Kier alpha value is -2.10. The van der Waals surface area contributed by atoms with Gasteiger partial charge < -0.3 is 9.67 Å². The van der Waals surface area contributed by atoms with E-state index in [0.717, 1.165) is 11.1 Å². The number of carbonyl (C=O) groups excluding carboxylic acids is 1. The Balaban J connectivity index is 2.86. The van der Waals surface area contributed by atoms with Gasteiger partial charge in [0, 0.05) is 18.0 Å². The molecular weight excluding hydrogens is 230 g/mol. The molecule has 0 unspecified atom stereocenters. The molecule has 0 saturated heterocycles. The summed E-state index contributed by atoms with van der Waals surface area (Å²) >= 11 is 0. The quantitative estimate of drug-likeness (QED) is 0.846. The number of hydrogen-bond acceptors (Lipinski definition) is 2. The predicted octanol–water partition coefficient (Wildman–Crippen LogP) is 2.81. The third-order valence-corrected chi connectivity index (χ3v) is 3.25. The summed E-state index contributed by atoms with van der Waals surface area (Å²) in [6, 6.07) is 5.73. The van der Waals surface area contributed by atoms with Crippen LogP contribution in [0.15, 0.2) is 18.2 Å². The number of nitrogens with zero attached hydrogens (tertiary/aromatic N) is 1. The lowest BCUT2D eigenvalue weighted by Gasteiger charge is -2.05. The Morgan fingerprint density at radius 2 is 2.06 bits per heavy atom. The van der Waals surface area contributed by atoms with Crippen molar-refractivity contribution >= 4 is 23.2 Å². The van der Waals surface area contributed by atoms with Crippen molar-refractivity contribution in [3.8, 4) is 0 Å². The number of carbonyl (C=O) groups is 2. The van der Waals surface area contributed by atoms with Crippen molar-refractivity contribution in [1.29, 1.82) is 0 Å². The number of hydrogen-bond donors (Lipinski definition) is 1. The summed E-state index contributed by atoms with van der Waals surface area (Å²) < 4.78 is 1.55. The normalized spacial score (nSPS) is 11.1. The Bertz CT molecular complexity index is 638. The van der Waals surface area contributed by atoms with E-state index in [4.69, 9.17) is 0 Å². The smallest absolute Gasteiger partial charge is 0.353 e. The largest absolute Gasteiger partial charge is 0.477 e. The Morgan fingerprint density at radius 1 is 1.39 bits per heavy atom. The first-order valence-electron chi connectivity index (χ1n) is 5.78. The molecule has 1 aromatic carbocycles. The number of aromatic nitrogens is 1. The molecule has 0 bridgehead atoms. The molecule has 0 atom stereocenters. The molecule has 2 aromatic rings. The molecule has 18 heavy (non-hydrogen) atoms. The molecular formula is C14H15NO3. The van der Waals surface area contributed by atoms with Crippen molar-refractivity contribution in [1.82, 2.24) is 4.57 Å². The highest BCUT2D eigenvalue weighted by atomic mass is 16.4. The first-order chi connectivity index (χ1) is 8.47. The number of fused-ring (bicyclic) bond motifs is 1. The van der Waals surface area contributed by atoms with Gasteiger partial charge in [0.25, 0.3) is 0 Å². The van der Waals surface area contributed by atoms with Crippen LogP contribution in [0.25, 0.3) is 10.9 Å². The Kier molecular flexibility index (Phi) is 2.95. The second kappa shape index (κ2) is 4.29. The topological polar surface area (TPSA) is 59.3 Å². The zero-order valence-electron chi connectivity index (χ0n) is 10.6. The lowest BCUT2D eigenvalue weighted by molar-refractivity contribution is 0.0684. The summed E-state index contributed by atoms with van der Waals surface area (Å²) in [6.07, 6.45) is 0.621. The average molecular weight is 245 g/mol. The molecule has 4 heteroatoms. The molecule has 0 aliphatic carbocycles. The van der Waals surface area contributed by atoms with Crippen LogP contribution in [0.1, 0.15) is 46.2 Å². The number of rotatable bonds is 3. The summed E-state index contributed by atoms with van der Waals surface area (Å²) in [4.78, 5) is 22.4. The van der Waals surface area contributed by atoms with Crippen molar-refractivity contribution in [2.24, 2.45) is 7.05 Å². The van der Waals surface area contributed by atoms with Gasteiger partial charge >= 0.3 is 5.97 Å². The molecule has 4 nitrogen and oxygen atoms in total. The minimum atomic E-state index is -1.08. The van der Waals surface area contributed by atoms with E-state index in [1.165, 1.54) is 0 Å². The second-order valence-corrected chi connectivity index (χ2v) is 4.68. The SMILES string of the molecule is CC(C)c1ccc2c(c1)c(C=O)c(C(=O)O)n2C. The molecule has 0 radical (unpaired) electrons. The van der Waals surface area contributed by atoms with E-state index in [2.05, 4.69) is 13.8 Å². The molecule has 94 valence electrons. The number of aldehydes is 1. The van der Waals surface area contributed by atoms with Crippen molar-refractivity contribution in [3.05, 3.63) is 35.0 Å². The molecule has 1 heterocycles. The maximum absolute atomic E-state index is 11.2. The lowest BCUT2D eigenvalue weighted by Crippen LogP contribution is -2.06. The average Bonchev–Trinajstić information content (AvgIpc) is 2.61. The maximum atomic E-state index is 11.2. The van der Waals surface area contributed by atoms with Crippen LogP contribution in [-0.2, 0) is 7.05 Å². The zero-order valence-corrected chi connectivity index (χ0v) is 10.6. The van der Waals surface area contributed by atoms with E-state index >= 15 is 0 Å². The van der Waals surface area contributed by atoms with Gasteiger partial charge in [-0.05, 0) is 23.6 Å². The van der Waals surface area contributed by atoms with Gasteiger partial charge in [-0.15, -0.1) is 0 Å². The summed E-state index contributed by atoms with van der Waals surface area (Å²) in [5, 5.41) is 9.88. The van der Waals surface area contributed by atoms with E-state index in [1.807, 2.05) is 18.2 Å². The van der Waals surface area contributed by atoms with Gasteiger partial charge in [-0.2, -0.15) is 0 Å². The van der Waals surface area contributed by atoms with Crippen LogP contribution in [0.3, 0.4) is 0 Å². The van der Waals surface area contributed by atoms with Crippen LogP contribution >= 0.6 is 0 Å². The summed E-state index contributed by atoms with van der Waals surface area (Å²) in [5.74, 6) is -0.746. The van der Waals surface area contributed by atoms with Crippen molar-refractivity contribution in [3.63, 3.8) is 0 Å². The molecule has 0 fully saturated rings. The van der Waals surface area contributed by atoms with Gasteiger partial charge in [-0.25, -0.2) is 4.79 Å². The first-order valence-corrected chi connectivity index (χ1v) is 5.78. The van der Waals surface area contributed by atoms with Crippen LogP contribution < -0.4 is 0 Å². The standard InChI is InChI=1S/C14H15NO3/c1-8(2)9-4-5-12-10(6-9)11(7-16)13(14(17)18)15(12)3/h4-8H,1-3H3,(H,17,18). The van der Waals surface area contributed by atoms with Crippen molar-refractivity contribution < 1.29 is 14.7 Å². The van der Waals surface area contributed by atoms with Crippen LogP contribution in [0.5, 0.6) is 0 Å². The first kappa shape index (κ1) is 12.4. The predicted molar refractivity (Wildman–Crippen MR) is 69.4 cm³/mol. The van der Waals surface area contributed by atoms with Crippen LogP contribution in [0, 0.1) is 0 Å². The maximum Gasteiger partial charge on any atom is 0.353 e. The van der Waals surface area contributed by atoms with Crippen LogP contribution in [0.4, 0.5) is 0 Å². The Morgan fingerprint density at radius 3 is 2.56 bits per heavy atom.